The van der Waals surface area contributed by atoms with Crippen LogP contribution in [0.4, 0.5) is 0 Å². The first-order valence-electron chi connectivity index (χ1n) is 7.36. The third kappa shape index (κ3) is 4.84. The van der Waals surface area contributed by atoms with Crippen LogP contribution in [0.2, 0.25) is 0 Å². The molecule has 2 rings (SSSR count). The summed E-state index contributed by atoms with van der Waals surface area (Å²) in [6, 6.07) is 10.3. The number of hydrogen-bond acceptors (Lipinski definition) is 3. The van der Waals surface area contributed by atoms with Crippen molar-refractivity contribution in [3.63, 3.8) is 0 Å². The molecule has 3 nitrogen and oxygen atoms in total. The van der Waals surface area contributed by atoms with Crippen LogP contribution in [0.1, 0.15) is 25.7 Å². The molecule has 0 aliphatic carbocycles. The molecule has 0 spiro atoms. The quantitative estimate of drug-likeness (QED) is 0.647. The van der Waals surface area contributed by atoms with E-state index >= 15 is 0 Å². The van der Waals surface area contributed by atoms with Gasteiger partial charge in [-0.3, -0.25) is 4.79 Å². The number of aliphatic hydroxyl groups is 1. The number of thioether (sulfide) groups is 1. The van der Waals surface area contributed by atoms with Crippen molar-refractivity contribution in [3.8, 4) is 0 Å². The largest absolute Gasteiger partial charge is 0.396 e. The number of likely N-dealkylation sites (tertiary alicyclic amines) is 1. The number of carbonyl (C=O) groups is 1. The summed E-state index contributed by atoms with van der Waals surface area (Å²) in [5.41, 5.74) is 0. The van der Waals surface area contributed by atoms with Gasteiger partial charge in [0.25, 0.3) is 0 Å². The van der Waals surface area contributed by atoms with Crippen LogP contribution in [0.25, 0.3) is 0 Å². The van der Waals surface area contributed by atoms with Crippen LogP contribution in [0.3, 0.4) is 0 Å². The van der Waals surface area contributed by atoms with Crippen LogP contribution in [-0.2, 0) is 4.79 Å². The lowest BCUT2D eigenvalue weighted by Gasteiger charge is -2.31. The Bertz CT molecular complexity index is 402. The lowest BCUT2D eigenvalue weighted by atomic mass is 9.98. The van der Waals surface area contributed by atoms with Crippen LogP contribution in [0.5, 0.6) is 0 Å². The Labute approximate surface area is 125 Å². The Morgan fingerprint density at radius 1 is 1.25 bits per heavy atom. The van der Waals surface area contributed by atoms with E-state index in [2.05, 4.69) is 12.1 Å². The smallest absolute Gasteiger partial charge is 0.222 e. The van der Waals surface area contributed by atoms with Crippen molar-refractivity contribution in [2.75, 3.05) is 25.4 Å². The average molecular weight is 293 g/mol. The number of aliphatic hydroxyl groups excluding tert-OH is 1. The molecule has 110 valence electrons. The summed E-state index contributed by atoms with van der Waals surface area (Å²) in [7, 11) is 0. The van der Waals surface area contributed by atoms with Gasteiger partial charge in [0.1, 0.15) is 0 Å². The summed E-state index contributed by atoms with van der Waals surface area (Å²) >= 11 is 1.81. The van der Waals surface area contributed by atoms with Gasteiger partial charge in [0.2, 0.25) is 5.91 Å². The lowest BCUT2D eigenvalue weighted by molar-refractivity contribution is -0.132. The molecule has 4 heteroatoms. The van der Waals surface area contributed by atoms with Crippen LogP contribution in [-0.4, -0.2) is 41.4 Å². The standard InChI is InChI=1S/C16H23NO2S/c18-13-14-8-10-17(11-9-14)16(19)7-4-12-20-15-5-2-1-3-6-15/h1-3,5-6,14,18H,4,7-13H2. The number of amides is 1. The fourth-order valence-corrected chi connectivity index (χ4v) is 3.33. The van der Waals surface area contributed by atoms with E-state index in [4.69, 9.17) is 5.11 Å². The van der Waals surface area contributed by atoms with E-state index in [9.17, 15) is 4.79 Å². The van der Waals surface area contributed by atoms with Crippen molar-refractivity contribution in [2.24, 2.45) is 5.92 Å². The Morgan fingerprint density at radius 3 is 2.60 bits per heavy atom. The molecule has 0 atom stereocenters. The molecule has 20 heavy (non-hydrogen) atoms. The van der Waals surface area contributed by atoms with Gasteiger partial charge in [-0.25, -0.2) is 0 Å². The minimum atomic E-state index is 0.260. The van der Waals surface area contributed by atoms with Crippen molar-refractivity contribution in [2.45, 2.75) is 30.6 Å². The fourth-order valence-electron chi connectivity index (χ4n) is 2.45. The Balaban J connectivity index is 1.61. The van der Waals surface area contributed by atoms with E-state index < -0.39 is 0 Å². The van der Waals surface area contributed by atoms with E-state index in [1.54, 1.807) is 0 Å². The zero-order valence-electron chi connectivity index (χ0n) is 11.8. The fraction of sp³-hybridized carbons (Fsp3) is 0.562. The molecule has 1 saturated heterocycles. The van der Waals surface area contributed by atoms with Gasteiger partial charge in [0.15, 0.2) is 0 Å². The molecule has 0 bridgehead atoms. The molecule has 1 amide bonds. The highest BCUT2D eigenvalue weighted by Gasteiger charge is 2.21. The van der Waals surface area contributed by atoms with Gasteiger partial charge in [-0.05, 0) is 43.1 Å². The molecular formula is C16H23NO2S. The second-order valence-electron chi connectivity index (χ2n) is 5.27. The lowest BCUT2D eigenvalue weighted by Crippen LogP contribution is -2.39. The van der Waals surface area contributed by atoms with Gasteiger partial charge in [0, 0.05) is 31.0 Å². The summed E-state index contributed by atoms with van der Waals surface area (Å²) < 4.78 is 0. The zero-order chi connectivity index (χ0) is 14.2. The highest BCUT2D eigenvalue weighted by molar-refractivity contribution is 7.99. The van der Waals surface area contributed by atoms with E-state index in [0.29, 0.717) is 12.3 Å². The first-order chi connectivity index (χ1) is 9.79. The van der Waals surface area contributed by atoms with Crippen LogP contribution in [0, 0.1) is 5.92 Å². The van der Waals surface area contributed by atoms with Gasteiger partial charge < -0.3 is 10.0 Å². The molecule has 1 aromatic carbocycles. The number of piperidine rings is 1. The molecule has 1 aliphatic heterocycles. The monoisotopic (exact) mass is 293 g/mol. The van der Waals surface area contributed by atoms with Gasteiger partial charge in [-0.1, -0.05) is 18.2 Å². The van der Waals surface area contributed by atoms with Crippen molar-refractivity contribution in [1.29, 1.82) is 0 Å². The predicted molar refractivity (Wildman–Crippen MR) is 82.8 cm³/mol. The maximum Gasteiger partial charge on any atom is 0.222 e. The zero-order valence-corrected chi connectivity index (χ0v) is 12.6. The molecule has 0 aromatic heterocycles. The second kappa shape index (κ2) is 8.32. The summed E-state index contributed by atoms with van der Waals surface area (Å²) in [6.45, 7) is 1.89. The number of hydrogen-bond donors (Lipinski definition) is 1. The SMILES string of the molecule is O=C(CCCSc1ccccc1)N1CCC(CO)CC1. The number of benzene rings is 1. The highest BCUT2D eigenvalue weighted by atomic mass is 32.2. The first kappa shape index (κ1) is 15.4. The average Bonchev–Trinajstić information content (AvgIpc) is 2.52. The maximum atomic E-state index is 12.1. The van der Waals surface area contributed by atoms with Crippen molar-refractivity contribution in [1.82, 2.24) is 4.90 Å². The molecular weight excluding hydrogens is 270 g/mol. The number of carbonyl (C=O) groups excluding carboxylic acids is 1. The van der Waals surface area contributed by atoms with Gasteiger partial charge in [0.05, 0.1) is 0 Å². The Kier molecular flexibility index (Phi) is 6.40. The van der Waals surface area contributed by atoms with Crippen molar-refractivity contribution >= 4 is 17.7 Å². The van der Waals surface area contributed by atoms with E-state index in [1.807, 2.05) is 34.9 Å². The molecule has 0 unspecified atom stereocenters. The summed E-state index contributed by atoms with van der Waals surface area (Å²) in [5, 5.41) is 9.09. The molecule has 1 aliphatic rings. The maximum absolute atomic E-state index is 12.1. The van der Waals surface area contributed by atoms with E-state index in [-0.39, 0.29) is 12.5 Å². The second-order valence-corrected chi connectivity index (χ2v) is 6.44. The highest BCUT2D eigenvalue weighted by Crippen LogP contribution is 2.20. The summed E-state index contributed by atoms with van der Waals surface area (Å²) in [4.78, 5) is 15.3. The third-order valence-corrected chi connectivity index (χ3v) is 4.87. The molecule has 0 radical (unpaired) electrons. The number of rotatable bonds is 6. The molecule has 1 aromatic rings. The summed E-state index contributed by atoms with van der Waals surface area (Å²) in [6.07, 6.45) is 3.46. The minimum absolute atomic E-state index is 0.260. The van der Waals surface area contributed by atoms with Crippen molar-refractivity contribution < 1.29 is 9.90 Å². The summed E-state index contributed by atoms with van der Waals surface area (Å²) in [5.74, 6) is 1.66. The predicted octanol–water partition coefficient (Wildman–Crippen LogP) is 2.79. The van der Waals surface area contributed by atoms with Crippen LogP contribution < -0.4 is 0 Å². The first-order valence-corrected chi connectivity index (χ1v) is 8.34. The Morgan fingerprint density at radius 2 is 1.95 bits per heavy atom. The minimum Gasteiger partial charge on any atom is -0.396 e. The van der Waals surface area contributed by atoms with E-state index in [1.165, 1.54) is 4.90 Å². The van der Waals surface area contributed by atoms with E-state index in [0.717, 1.165) is 38.1 Å². The molecule has 1 N–H and O–H groups in total. The van der Waals surface area contributed by atoms with Gasteiger partial charge in [-0.2, -0.15) is 0 Å². The molecule has 1 fully saturated rings. The molecule has 0 saturated carbocycles. The third-order valence-electron chi connectivity index (χ3n) is 3.77. The molecule has 1 heterocycles. The van der Waals surface area contributed by atoms with Crippen LogP contribution >= 0.6 is 11.8 Å². The number of nitrogens with zero attached hydrogens (tertiary/aromatic N) is 1. The van der Waals surface area contributed by atoms with Gasteiger partial charge in [-0.15, -0.1) is 11.8 Å². The van der Waals surface area contributed by atoms with Gasteiger partial charge >= 0.3 is 0 Å². The van der Waals surface area contributed by atoms with Crippen molar-refractivity contribution in [3.05, 3.63) is 30.3 Å². The topological polar surface area (TPSA) is 40.5 Å². The Hall–Kier alpha value is -1.00. The van der Waals surface area contributed by atoms with Crippen LogP contribution in [0.15, 0.2) is 35.2 Å². The normalized spacial score (nSPS) is 16.4.